The molecular weight excluding hydrogens is 410 g/mol. The number of likely N-dealkylation sites (tertiary alicyclic amines) is 1. The van der Waals surface area contributed by atoms with Crippen molar-refractivity contribution in [2.45, 2.75) is 29.4 Å². The van der Waals surface area contributed by atoms with Crippen molar-refractivity contribution in [1.82, 2.24) is 4.90 Å². The maximum Gasteiger partial charge on any atom is 0.416 e. The maximum atomic E-state index is 13.2. The summed E-state index contributed by atoms with van der Waals surface area (Å²) in [7, 11) is 0. The third kappa shape index (κ3) is 2.57. The quantitative estimate of drug-likeness (QED) is 0.537. The van der Waals surface area contributed by atoms with Crippen LogP contribution < -0.4 is 4.74 Å². The number of rotatable bonds is 2. The summed E-state index contributed by atoms with van der Waals surface area (Å²) in [6.07, 6.45) is 0.0377. The lowest BCUT2D eigenvalue weighted by atomic mass is 9.74. The largest absolute Gasteiger partial charge is 0.459 e. The summed E-state index contributed by atoms with van der Waals surface area (Å²) in [5.74, 6) is 0.355. The van der Waals surface area contributed by atoms with Crippen LogP contribution in [-0.2, 0) is 9.53 Å². The number of carbonyl (C=O) groups is 2. The molecule has 5 rings (SSSR count). The third-order valence-corrected chi connectivity index (χ3v) is 7.10. The van der Waals surface area contributed by atoms with Crippen molar-refractivity contribution in [3.63, 3.8) is 0 Å². The summed E-state index contributed by atoms with van der Waals surface area (Å²) in [6.45, 7) is 0. The van der Waals surface area contributed by atoms with Gasteiger partial charge in [-0.05, 0) is 30.0 Å². The van der Waals surface area contributed by atoms with Crippen LogP contribution in [0.2, 0.25) is 0 Å². The van der Waals surface area contributed by atoms with E-state index in [9.17, 15) is 9.59 Å². The Kier molecular flexibility index (Phi) is 3.97. The van der Waals surface area contributed by atoms with Crippen molar-refractivity contribution in [2.24, 2.45) is 11.8 Å². The molecule has 0 N–H and O–H groups in total. The van der Waals surface area contributed by atoms with Gasteiger partial charge in [-0.25, -0.2) is 4.79 Å². The molecule has 138 valence electrons. The molecule has 0 unspecified atom stereocenters. The highest BCUT2D eigenvalue weighted by molar-refractivity contribution is 9.09. The van der Waals surface area contributed by atoms with Crippen molar-refractivity contribution in [1.29, 1.82) is 0 Å². The Morgan fingerprint density at radius 1 is 1.07 bits per heavy atom. The Morgan fingerprint density at radius 2 is 1.74 bits per heavy atom. The summed E-state index contributed by atoms with van der Waals surface area (Å²) in [5.41, 5.74) is 1.05. The zero-order valence-electron chi connectivity index (χ0n) is 14.4. The Bertz CT molecular complexity index is 874. The van der Waals surface area contributed by atoms with Gasteiger partial charge in [0.1, 0.15) is 11.9 Å². The molecule has 27 heavy (non-hydrogen) atoms. The van der Waals surface area contributed by atoms with Gasteiger partial charge in [0.15, 0.2) is 0 Å². The molecule has 2 heterocycles. The predicted molar refractivity (Wildman–Crippen MR) is 101 cm³/mol. The number of hydrogen-bond donors (Lipinski definition) is 0. The Morgan fingerprint density at radius 3 is 2.41 bits per heavy atom. The number of alkyl halides is 1. The van der Waals surface area contributed by atoms with Gasteiger partial charge in [0, 0.05) is 4.83 Å². The molecular formula is C21H18BrNO4. The summed E-state index contributed by atoms with van der Waals surface area (Å²) in [6, 6.07) is 18.6. The highest BCUT2D eigenvalue weighted by Crippen LogP contribution is 2.56. The molecule has 6 atom stereocenters. The van der Waals surface area contributed by atoms with Crippen LogP contribution in [0.4, 0.5) is 4.79 Å². The van der Waals surface area contributed by atoms with E-state index in [1.807, 2.05) is 48.5 Å². The van der Waals surface area contributed by atoms with Gasteiger partial charge in [-0.1, -0.05) is 64.5 Å². The van der Waals surface area contributed by atoms with Crippen molar-refractivity contribution < 1.29 is 19.1 Å². The van der Waals surface area contributed by atoms with Crippen molar-refractivity contribution >= 4 is 28.0 Å². The summed E-state index contributed by atoms with van der Waals surface area (Å²) >= 11 is 3.79. The standard InChI is InChI=1S/C21H18BrNO4/c22-16-14-11-15-19(27-20(15)24)18(16)23(17(14)12-7-3-1-4-8-12)21(25)26-13-9-5-2-6-10-13/h1-10,14-19H,11H2/t14-,15-,16+,17+,18-,19-/m0/s1. The zero-order chi connectivity index (χ0) is 18.5. The van der Waals surface area contributed by atoms with Crippen molar-refractivity contribution in [3.8, 4) is 5.75 Å². The second kappa shape index (κ2) is 6.37. The highest BCUT2D eigenvalue weighted by Gasteiger charge is 2.65. The molecule has 2 aliphatic heterocycles. The van der Waals surface area contributed by atoms with E-state index in [4.69, 9.17) is 9.47 Å². The Hall–Kier alpha value is -2.34. The van der Waals surface area contributed by atoms with Gasteiger partial charge >= 0.3 is 12.1 Å². The smallest absolute Gasteiger partial charge is 0.416 e. The Labute approximate surface area is 165 Å². The average molecular weight is 428 g/mol. The number of para-hydroxylation sites is 1. The topological polar surface area (TPSA) is 55.8 Å². The molecule has 0 spiro atoms. The normalized spacial score (nSPS) is 33.7. The van der Waals surface area contributed by atoms with E-state index in [2.05, 4.69) is 15.9 Å². The summed E-state index contributed by atoms with van der Waals surface area (Å²) in [4.78, 5) is 27.0. The van der Waals surface area contributed by atoms with E-state index in [0.29, 0.717) is 12.2 Å². The number of fused-ring (bicyclic) bond motifs is 4. The number of benzene rings is 2. The van der Waals surface area contributed by atoms with Crippen LogP contribution in [0.1, 0.15) is 18.0 Å². The van der Waals surface area contributed by atoms with Crippen LogP contribution in [0, 0.1) is 11.8 Å². The van der Waals surface area contributed by atoms with Gasteiger partial charge in [0.2, 0.25) is 0 Å². The predicted octanol–water partition coefficient (Wildman–Crippen LogP) is 3.94. The van der Waals surface area contributed by atoms with Gasteiger partial charge in [0.25, 0.3) is 0 Å². The monoisotopic (exact) mass is 427 g/mol. The number of halogens is 1. The van der Waals surface area contributed by atoms with E-state index in [1.165, 1.54) is 0 Å². The fourth-order valence-corrected chi connectivity index (χ4v) is 5.76. The molecule has 2 saturated heterocycles. The number of ether oxygens (including phenoxy) is 2. The number of carbonyl (C=O) groups excluding carboxylic acids is 2. The second-order valence-corrected chi connectivity index (χ2v) is 8.34. The first-order chi connectivity index (χ1) is 13.1. The van der Waals surface area contributed by atoms with Crippen LogP contribution in [0.3, 0.4) is 0 Å². The molecule has 5 nitrogen and oxygen atoms in total. The summed E-state index contributed by atoms with van der Waals surface area (Å²) < 4.78 is 11.1. The number of amides is 1. The highest BCUT2D eigenvalue weighted by atomic mass is 79.9. The van der Waals surface area contributed by atoms with E-state index in [0.717, 1.165) is 5.56 Å². The fourth-order valence-electron chi connectivity index (χ4n) is 4.70. The minimum atomic E-state index is -0.407. The third-order valence-electron chi connectivity index (χ3n) is 5.88. The van der Waals surface area contributed by atoms with Crippen LogP contribution >= 0.6 is 15.9 Å². The minimum absolute atomic E-state index is 0.0559. The Balaban J connectivity index is 1.53. The lowest BCUT2D eigenvalue weighted by molar-refractivity contribution is -0.194. The molecule has 1 amide bonds. The van der Waals surface area contributed by atoms with Gasteiger partial charge in [-0.15, -0.1) is 0 Å². The number of esters is 1. The molecule has 0 radical (unpaired) electrons. The van der Waals surface area contributed by atoms with E-state index >= 15 is 0 Å². The van der Waals surface area contributed by atoms with Gasteiger partial charge in [0.05, 0.1) is 18.0 Å². The molecule has 3 fully saturated rings. The summed E-state index contributed by atoms with van der Waals surface area (Å²) in [5, 5.41) is 0. The van der Waals surface area contributed by atoms with Gasteiger partial charge in [-0.3, -0.25) is 9.69 Å². The maximum absolute atomic E-state index is 13.2. The van der Waals surface area contributed by atoms with Crippen LogP contribution in [0.25, 0.3) is 0 Å². The average Bonchev–Trinajstić information content (AvgIpc) is 2.89. The lowest BCUT2D eigenvalue weighted by Crippen LogP contribution is -2.61. The first-order valence-electron chi connectivity index (χ1n) is 9.10. The minimum Gasteiger partial charge on any atom is -0.459 e. The second-order valence-electron chi connectivity index (χ2n) is 7.29. The van der Waals surface area contributed by atoms with Crippen LogP contribution in [0.15, 0.2) is 60.7 Å². The molecule has 2 aromatic carbocycles. The fraction of sp³-hybridized carbons (Fsp3) is 0.333. The van der Waals surface area contributed by atoms with E-state index in [-0.39, 0.29) is 40.8 Å². The molecule has 1 aliphatic carbocycles. The molecule has 0 aromatic heterocycles. The van der Waals surface area contributed by atoms with E-state index < -0.39 is 6.09 Å². The molecule has 3 aliphatic rings. The van der Waals surface area contributed by atoms with Crippen LogP contribution in [-0.4, -0.2) is 33.9 Å². The zero-order valence-corrected chi connectivity index (χ0v) is 16.0. The number of hydrogen-bond acceptors (Lipinski definition) is 4. The molecule has 2 aromatic rings. The van der Waals surface area contributed by atoms with Gasteiger partial charge < -0.3 is 9.47 Å². The first kappa shape index (κ1) is 16.8. The number of nitrogens with zero attached hydrogens (tertiary/aromatic N) is 1. The van der Waals surface area contributed by atoms with Crippen molar-refractivity contribution in [2.75, 3.05) is 0 Å². The van der Waals surface area contributed by atoms with Crippen LogP contribution in [0.5, 0.6) is 5.75 Å². The molecule has 6 heteroatoms. The van der Waals surface area contributed by atoms with Gasteiger partial charge in [-0.2, -0.15) is 0 Å². The van der Waals surface area contributed by atoms with Crippen molar-refractivity contribution in [3.05, 3.63) is 66.2 Å². The molecule has 1 saturated carbocycles. The lowest BCUT2D eigenvalue weighted by Gasteiger charge is -2.45. The first-order valence-corrected chi connectivity index (χ1v) is 10.0. The SMILES string of the molecule is O=C1O[C@@H]2[C@@H]3[C@H](Br)[C@H](C[C@H]12)[C@@H](c1ccccc1)N3C(=O)Oc1ccccc1. The molecule has 2 bridgehead atoms. The van der Waals surface area contributed by atoms with E-state index in [1.54, 1.807) is 17.0 Å².